The number of carbonyl (C=O) groups is 1. The van der Waals surface area contributed by atoms with Gasteiger partial charge >= 0.3 is 6.18 Å². The van der Waals surface area contributed by atoms with Crippen LogP contribution in [-0.4, -0.2) is 66.9 Å². The summed E-state index contributed by atoms with van der Waals surface area (Å²) < 4.78 is 58.3. The fourth-order valence-corrected chi connectivity index (χ4v) is 5.85. The number of halogens is 4. The monoisotopic (exact) mass is 505 g/mol. The minimum Gasteiger partial charge on any atom is -0.374 e. The number of benzene rings is 1. The summed E-state index contributed by atoms with van der Waals surface area (Å²) in [5.41, 5.74) is 2.87. The van der Waals surface area contributed by atoms with E-state index in [0.29, 0.717) is 48.2 Å². The number of hydrogen-bond donors (Lipinski definition) is 1. The van der Waals surface area contributed by atoms with Crippen LogP contribution in [-0.2, 0) is 16.1 Å². The van der Waals surface area contributed by atoms with Crippen LogP contribution in [0.5, 0.6) is 0 Å². The maximum absolute atomic E-state index is 14.1. The van der Waals surface area contributed by atoms with Gasteiger partial charge < -0.3 is 19.9 Å². The van der Waals surface area contributed by atoms with Crippen LogP contribution in [0.3, 0.4) is 0 Å². The van der Waals surface area contributed by atoms with Crippen molar-refractivity contribution >= 4 is 28.8 Å². The minimum absolute atomic E-state index is 0.125. The highest BCUT2D eigenvalue weighted by Gasteiger charge is 2.40. The molecular formula is C25H27F4N5O2. The number of likely N-dealkylation sites (tertiary alicyclic amines) is 1. The van der Waals surface area contributed by atoms with Crippen LogP contribution in [0.15, 0.2) is 30.5 Å². The minimum atomic E-state index is -4.26. The Morgan fingerprint density at radius 1 is 1.19 bits per heavy atom. The van der Waals surface area contributed by atoms with Crippen LogP contribution in [0, 0.1) is 11.7 Å². The molecule has 0 unspecified atom stereocenters. The Balaban J connectivity index is 1.30. The molecule has 4 aliphatic rings. The number of carbonyl (C=O) groups excluding carboxylic acids is 1. The third-order valence-electron chi connectivity index (χ3n) is 7.62. The lowest BCUT2D eigenvalue weighted by atomic mass is 9.94. The maximum Gasteiger partial charge on any atom is 0.401 e. The fourth-order valence-electron chi connectivity index (χ4n) is 5.85. The molecule has 0 aliphatic carbocycles. The van der Waals surface area contributed by atoms with Crippen molar-refractivity contribution in [3.05, 3.63) is 41.8 Å². The quantitative estimate of drug-likeness (QED) is 0.635. The molecule has 1 N–H and O–H groups in total. The number of piperidine rings is 1. The van der Waals surface area contributed by atoms with E-state index < -0.39 is 24.5 Å². The Bertz CT molecular complexity index is 1170. The number of alkyl halides is 3. The molecule has 0 spiro atoms. The highest BCUT2D eigenvalue weighted by atomic mass is 19.4. The summed E-state index contributed by atoms with van der Waals surface area (Å²) in [6.07, 6.45) is -1.26. The van der Waals surface area contributed by atoms with Crippen molar-refractivity contribution in [2.75, 3.05) is 47.9 Å². The lowest BCUT2D eigenvalue weighted by Crippen LogP contribution is -2.45. The van der Waals surface area contributed by atoms with Gasteiger partial charge in [-0.05, 0) is 56.6 Å². The zero-order valence-corrected chi connectivity index (χ0v) is 19.6. The average Bonchev–Trinajstić information content (AvgIpc) is 3.43. The van der Waals surface area contributed by atoms with E-state index in [4.69, 9.17) is 4.74 Å². The van der Waals surface area contributed by atoms with Crippen molar-refractivity contribution in [2.45, 2.75) is 44.1 Å². The van der Waals surface area contributed by atoms with Gasteiger partial charge in [-0.3, -0.25) is 9.69 Å². The fraction of sp³-hybridized carbons (Fsp3) is 0.520. The molecule has 2 bridgehead atoms. The molecule has 3 fully saturated rings. The van der Waals surface area contributed by atoms with E-state index in [9.17, 15) is 22.4 Å². The first-order valence-corrected chi connectivity index (χ1v) is 12.3. The van der Waals surface area contributed by atoms with Gasteiger partial charge in [0, 0.05) is 23.7 Å². The number of nitrogens with one attached hydrogen (secondary N) is 1. The number of anilines is 4. The molecule has 5 heterocycles. The summed E-state index contributed by atoms with van der Waals surface area (Å²) in [4.78, 5) is 23.3. The largest absolute Gasteiger partial charge is 0.401 e. The number of aromatic nitrogens is 1. The van der Waals surface area contributed by atoms with Gasteiger partial charge in [0.2, 0.25) is 5.91 Å². The Labute approximate surface area is 206 Å². The number of rotatable bonds is 3. The number of pyridine rings is 1. The van der Waals surface area contributed by atoms with E-state index in [1.54, 1.807) is 4.90 Å². The molecule has 1 aromatic heterocycles. The molecule has 0 radical (unpaired) electrons. The van der Waals surface area contributed by atoms with E-state index in [1.807, 2.05) is 18.2 Å². The third-order valence-corrected chi connectivity index (χ3v) is 7.62. The van der Waals surface area contributed by atoms with Crippen LogP contribution in [0.4, 0.5) is 40.4 Å². The van der Waals surface area contributed by atoms with Gasteiger partial charge in [-0.15, -0.1) is 0 Å². The van der Waals surface area contributed by atoms with Crippen LogP contribution in [0.1, 0.15) is 24.8 Å². The number of amides is 1. The van der Waals surface area contributed by atoms with Gasteiger partial charge in [0.25, 0.3) is 0 Å². The molecule has 2 aromatic rings. The smallest absolute Gasteiger partial charge is 0.374 e. The molecule has 0 saturated carbocycles. The highest BCUT2D eigenvalue weighted by molar-refractivity contribution is 6.00. The highest BCUT2D eigenvalue weighted by Crippen LogP contribution is 2.41. The van der Waals surface area contributed by atoms with E-state index in [-0.39, 0.29) is 31.6 Å². The Morgan fingerprint density at radius 2 is 2.00 bits per heavy atom. The molecule has 192 valence electrons. The SMILES string of the molecule is O=C(C1CCN(CC(F)(F)F)CC1)N1Cc2cc(F)cnc2Nc2ccc(N3C[C@@H]4C[C@H]3CO4)cc21. The molecule has 1 amide bonds. The van der Waals surface area contributed by atoms with Crippen molar-refractivity contribution in [1.82, 2.24) is 9.88 Å². The molecule has 7 nitrogen and oxygen atoms in total. The van der Waals surface area contributed by atoms with Gasteiger partial charge in [0.1, 0.15) is 11.6 Å². The molecule has 4 aliphatic heterocycles. The standard InChI is InChI=1S/C25H27F4N5O2/c26-17-7-16-11-34(24(35)15-3-5-32(6-4-15)14-25(27,28)29)22-9-18(33-12-20-8-19(33)13-36-20)1-2-21(22)31-23(16)30-10-17/h1-2,7,9-10,15,19-20H,3-6,8,11-14H2,(H,30,31)/t19-,20-/m0/s1. The predicted octanol–water partition coefficient (Wildman–Crippen LogP) is 4.06. The lowest BCUT2D eigenvalue weighted by Gasteiger charge is -2.35. The van der Waals surface area contributed by atoms with Gasteiger partial charge in [-0.25, -0.2) is 9.37 Å². The Kier molecular flexibility index (Phi) is 5.79. The van der Waals surface area contributed by atoms with Crippen molar-refractivity contribution in [2.24, 2.45) is 5.92 Å². The molecule has 3 saturated heterocycles. The zero-order chi connectivity index (χ0) is 25.0. The first-order chi connectivity index (χ1) is 17.2. The molecule has 36 heavy (non-hydrogen) atoms. The Hall–Kier alpha value is -2.92. The molecule has 1 aromatic carbocycles. The molecule has 6 rings (SSSR count). The second-order valence-electron chi connectivity index (χ2n) is 10.1. The first-order valence-electron chi connectivity index (χ1n) is 12.3. The number of morpholine rings is 1. The van der Waals surface area contributed by atoms with Gasteiger partial charge in [-0.2, -0.15) is 13.2 Å². The maximum atomic E-state index is 14.1. The molecule has 2 atom stereocenters. The average molecular weight is 506 g/mol. The van der Waals surface area contributed by atoms with Gasteiger partial charge in [0.15, 0.2) is 0 Å². The van der Waals surface area contributed by atoms with Gasteiger partial charge in [0.05, 0.1) is 49.4 Å². The second-order valence-corrected chi connectivity index (χ2v) is 10.1. The second kappa shape index (κ2) is 8.88. The predicted molar refractivity (Wildman–Crippen MR) is 126 cm³/mol. The van der Waals surface area contributed by atoms with Crippen LogP contribution in [0.25, 0.3) is 0 Å². The van der Waals surface area contributed by atoms with E-state index in [2.05, 4.69) is 15.2 Å². The van der Waals surface area contributed by atoms with E-state index >= 15 is 0 Å². The Morgan fingerprint density at radius 3 is 2.69 bits per heavy atom. The number of hydrogen-bond acceptors (Lipinski definition) is 6. The molecule has 11 heteroatoms. The van der Waals surface area contributed by atoms with Crippen LogP contribution >= 0.6 is 0 Å². The number of fused-ring (bicyclic) bond motifs is 4. The van der Waals surface area contributed by atoms with Crippen molar-refractivity contribution in [3.8, 4) is 0 Å². The van der Waals surface area contributed by atoms with Crippen LogP contribution in [0.2, 0.25) is 0 Å². The summed E-state index contributed by atoms with van der Waals surface area (Å²) in [7, 11) is 0. The first kappa shape index (κ1) is 23.5. The topological polar surface area (TPSA) is 60.9 Å². The van der Waals surface area contributed by atoms with Gasteiger partial charge in [-0.1, -0.05) is 0 Å². The van der Waals surface area contributed by atoms with Crippen molar-refractivity contribution < 1.29 is 27.1 Å². The normalized spacial score (nSPS) is 24.3. The lowest BCUT2D eigenvalue weighted by molar-refractivity contribution is -0.149. The summed E-state index contributed by atoms with van der Waals surface area (Å²) in [6, 6.07) is 7.54. The van der Waals surface area contributed by atoms with E-state index in [0.717, 1.165) is 24.8 Å². The molecular weight excluding hydrogens is 478 g/mol. The number of ether oxygens (including phenoxy) is 1. The summed E-state index contributed by atoms with van der Waals surface area (Å²) in [6.45, 7) is 1.04. The van der Waals surface area contributed by atoms with Crippen molar-refractivity contribution in [1.29, 1.82) is 0 Å². The summed E-state index contributed by atoms with van der Waals surface area (Å²) in [5, 5.41) is 3.25. The zero-order valence-electron chi connectivity index (χ0n) is 19.6. The van der Waals surface area contributed by atoms with Crippen LogP contribution < -0.4 is 15.1 Å². The number of nitrogens with zero attached hydrogens (tertiary/aromatic N) is 4. The van der Waals surface area contributed by atoms with Crippen molar-refractivity contribution in [3.63, 3.8) is 0 Å². The van der Waals surface area contributed by atoms with E-state index in [1.165, 1.54) is 11.0 Å². The summed E-state index contributed by atoms with van der Waals surface area (Å²) >= 11 is 0. The third kappa shape index (κ3) is 4.50. The summed E-state index contributed by atoms with van der Waals surface area (Å²) in [5.74, 6) is -0.590.